The molecule has 0 fully saturated rings. The Hall–Kier alpha value is -0.870. The topological polar surface area (TPSA) is 49.8 Å². The molecule has 0 aromatic carbocycles. The molecule has 4 nitrogen and oxygen atoms in total. The number of aliphatic hydroxyl groups excluding tert-OH is 1. The molecule has 4 heteroatoms. The lowest BCUT2D eigenvalue weighted by molar-refractivity contribution is -0.129. The summed E-state index contributed by atoms with van der Waals surface area (Å²) in [5.74, 6) is 0.158. The Bertz CT molecular complexity index is 263. The van der Waals surface area contributed by atoms with Crippen LogP contribution in [0.4, 0.5) is 0 Å². The summed E-state index contributed by atoms with van der Waals surface area (Å²) in [6.07, 6.45) is 7.41. The van der Waals surface area contributed by atoms with E-state index in [1.807, 2.05) is 0 Å². The minimum Gasteiger partial charge on any atom is -0.394 e. The lowest BCUT2D eigenvalue weighted by atomic mass is 9.97. The van der Waals surface area contributed by atoms with Gasteiger partial charge in [-0.25, -0.2) is 0 Å². The Balaban J connectivity index is 2.19. The van der Waals surface area contributed by atoms with E-state index in [1.165, 1.54) is 18.4 Å². The lowest BCUT2D eigenvalue weighted by Gasteiger charge is -2.19. The number of nitrogens with zero attached hydrogens (tertiary/aromatic N) is 1. The van der Waals surface area contributed by atoms with E-state index in [0.29, 0.717) is 26.2 Å². The molecule has 0 saturated heterocycles. The maximum absolute atomic E-state index is 11.9. The first-order valence-electron chi connectivity index (χ1n) is 6.34. The Morgan fingerprint density at radius 1 is 1.47 bits per heavy atom. The highest BCUT2D eigenvalue weighted by molar-refractivity contribution is 5.78. The first-order valence-corrected chi connectivity index (χ1v) is 6.34. The number of amides is 1. The van der Waals surface area contributed by atoms with Gasteiger partial charge in [0.05, 0.1) is 19.8 Å². The summed E-state index contributed by atoms with van der Waals surface area (Å²) in [5, 5.41) is 8.54. The average molecular weight is 241 g/mol. The number of allylic oxidation sites excluding steroid dienone is 1. The van der Waals surface area contributed by atoms with E-state index < -0.39 is 0 Å². The number of aliphatic hydroxyl groups is 1. The molecular weight excluding hydrogens is 218 g/mol. The van der Waals surface area contributed by atoms with Crippen LogP contribution >= 0.6 is 0 Å². The number of hydrogen-bond donors (Lipinski definition) is 1. The van der Waals surface area contributed by atoms with Gasteiger partial charge in [0.25, 0.3) is 0 Å². The highest BCUT2D eigenvalue weighted by Crippen LogP contribution is 2.20. The molecule has 1 aliphatic carbocycles. The third-order valence-corrected chi connectivity index (χ3v) is 3.00. The number of hydrogen-bond acceptors (Lipinski definition) is 3. The van der Waals surface area contributed by atoms with Gasteiger partial charge in [0.15, 0.2) is 0 Å². The van der Waals surface area contributed by atoms with Gasteiger partial charge >= 0.3 is 0 Å². The van der Waals surface area contributed by atoms with Gasteiger partial charge in [0, 0.05) is 20.0 Å². The van der Waals surface area contributed by atoms with Crippen molar-refractivity contribution in [2.45, 2.75) is 32.1 Å². The molecule has 0 spiro atoms. The van der Waals surface area contributed by atoms with Crippen molar-refractivity contribution < 1.29 is 14.6 Å². The minimum absolute atomic E-state index is 0.0323. The third kappa shape index (κ3) is 5.84. The van der Waals surface area contributed by atoms with Gasteiger partial charge in [-0.1, -0.05) is 11.6 Å². The fourth-order valence-corrected chi connectivity index (χ4v) is 1.89. The van der Waals surface area contributed by atoms with Crippen LogP contribution in [0.5, 0.6) is 0 Å². The van der Waals surface area contributed by atoms with Crippen LogP contribution in [0.15, 0.2) is 11.6 Å². The molecule has 0 aliphatic heterocycles. The fraction of sp³-hybridized carbons (Fsp3) is 0.769. The van der Waals surface area contributed by atoms with Crippen molar-refractivity contribution in [3.8, 4) is 0 Å². The van der Waals surface area contributed by atoms with Crippen molar-refractivity contribution in [1.82, 2.24) is 4.90 Å². The molecule has 98 valence electrons. The Labute approximate surface area is 103 Å². The van der Waals surface area contributed by atoms with Crippen molar-refractivity contribution in [2.24, 2.45) is 0 Å². The molecule has 0 heterocycles. The predicted molar refractivity (Wildman–Crippen MR) is 66.7 cm³/mol. The van der Waals surface area contributed by atoms with Crippen LogP contribution in [0.2, 0.25) is 0 Å². The van der Waals surface area contributed by atoms with Crippen molar-refractivity contribution in [3.63, 3.8) is 0 Å². The number of rotatable bonds is 7. The van der Waals surface area contributed by atoms with Crippen molar-refractivity contribution >= 4 is 5.91 Å². The molecule has 17 heavy (non-hydrogen) atoms. The standard InChI is InChI=1S/C13H23NO3/c1-14(7-9-17-10-8-15)13(16)11-12-5-3-2-4-6-12/h5,15H,2-4,6-11H2,1H3. The van der Waals surface area contributed by atoms with Gasteiger partial charge in [-0.15, -0.1) is 0 Å². The quantitative estimate of drug-likeness (QED) is 0.540. The molecule has 1 aliphatic rings. The zero-order valence-corrected chi connectivity index (χ0v) is 10.7. The first kappa shape index (κ1) is 14.2. The largest absolute Gasteiger partial charge is 0.394 e. The van der Waals surface area contributed by atoms with Gasteiger partial charge < -0.3 is 14.7 Å². The first-order chi connectivity index (χ1) is 8.24. The summed E-state index contributed by atoms with van der Waals surface area (Å²) >= 11 is 0. The summed E-state index contributed by atoms with van der Waals surface area (Å²) in [6.45, 7) is 1.45. The Morgan fingerprint density at radius 2 is 2.29 bits per heavy atom. The van der Waals surface area contributed by atoms with Crippen molar-refractivity contribution in [1.29, 1.82) is 0 Å². The van der Waals surface area contributed by atoms with Crippen LogP contribution in [-0.4, -0.2) is 49.3 Å². The van der Waals surface area contributed by atoms with E-state index in [9.17, 15) is 4.79 Å². The highest BCUT2D eigenvalue weighted by Gasteiger charge is 2.12. The minimum atomic E-state index is 0.0323. The second-order valence-electron chi connectivity index (χ2n) is 4.44. The second-order valence-corrected chi connectivity index (χ2v) is 4.44. The van der Waals surface area contributed by atoms with Crippen molar-refractivity contribution in [2.75, 3.05) is 33.4 Å². The monoisotopic (exact) mass is 241 g/mol. The van der Waals surface area contributed by atoms with Crippen LogP contribution < -0.4 is 0 Å². The summed E-state index contributed by atoms with van der Waals surface area (Å²) in [7, 11) is 1.80. The average Bonchev–Trinajstić information content (AvgIpc) is 2.35. The molecule has 0 aromatic heterocycles. The predicted octanol–water partition coefficient (Wildman–Crippen LogP) is 1.34. The highest BCUT2D eigenvalue weighted by atomic mass is 16.5. The third-order valence-electron chi connectivity index (χ3n) is 3.00. The van der Waals surface area contributed by atoms with E-state index in [0.717, 1.165) is 12.8 Å². The van der Waals surface area contributed by atoms with Gasteiger partial charge in [0.2, 0.25) is 5.91 Å². The van der Waals surface area contributed by atoms with Gasteiger partial charge in [-0.05, 0) is 25.7 Å². The van der Waals surface area contributed by atoms with E-state index in [-0.39, 0.29) is 12.5 Å². The number of likely N-dealkylation sites (N-methyl/N-ethyl adjacent to an activating group) is 1. The molecule has 0 atom stereocenters. The van der Waals surface area contributed by atoms with Crippen LogP contribution in [-0.2, 0) is 9.53 Å². The van der Waals surface area contributed by atoms with Crippen molar-refractivity contribution in [3.05, 3.63) is 11.6 Å². The lowest BCUT2D eigenvalue weighted by Crippen LogP contribution is -2.30. The number of ether oxygens (including phenoxy) is 1. The Morgan fingerprint density at radius 3 is 2.94 bits per heavy atom. The molecule has 0 unspecified atom stereocenters. The van der Waals surface area contributed by atoms with Crippen LogP contribution in [0, 0.1) is 0 Å². The number of carbonyl (C=O) groups excluding carboxylic acids is 1. The van der Waals surface area contributed by atoms with Crippen LogP contribution in [0.1, 0.15) is 32.1 Å². The molecule has 1 N–H and O–H groups in total. The van der Waals surface area contributed by atoms with E-state index in [4.69, 9.17) is 9.84 Å². The summed E-state index contributed by atoms with van der Waals surface area (Å²) in [6, 6.07) is 0. The normalized spacial score (nSPS) is 15.5. The second kappa shape index (κ2) is 8.25. The van der Waals surface area contributed by atoms with E-state index in [2.05, 4.69) is 6.08 Å². The van der Waals surface area contributed by atoms with Crippen LogP contribution in [0.25, 0.3) is 0 Å². The smallest absolute Gasteiger partial charge is 0.226 e. The maximum atomic E-state index is 11.9. The summed E-state index contributed by atoms with van der Waals surface area (Å²) in [4.78, 5) is 13.6. The van der Waals surface area contributed by atoms with Gasteiger partial charge in [-0.2, -0.15) is 0 Å². The maximum Gasteiger partial charge on any atom is 0.226 e. The molecule has 0 radical (unpaired) electrons. The van der Waals surface area contributed by atoms with Gasteiger partial charge in [-0.3, -0.25) is 4.79 Å². The molecule has 0 bridgehead atoms. The number of carbonyl (C=O) groups is 1. The Kier molecular flexibility index (Phi) is 6.89. The van der Waals surface area contributed by atoms with Gasteiger partial charge in [0.1, 0.15) is 0 Å². The van der Waals surface area contributed by atoms with E-state index >= 15 is 0 Å². The van der Waals surface area contributed by atoms with E-state index in [1.54, 1.807) is 11.9 Å². The summed E-state index contributed by atoms with van der Waals surface area (Å²) < 4.78 is 5.14. The molecule has 0 aromatic rings. The zero-order chi connectivity index (χ0) is 12.5. The zero-order valence-electron chi connectivity index (χ0n) is 10.7. The molecule has 1 rings (SSSR count). The summed E-state index contributed by atoms with van der Waals surface area (Å²) in [5.41, 5.74) is 1.28. The SMILES string of the molecule is CN(CCOCCO)C(=O)CC1=CCCCC1. The molecular formula is C13H23NO3. The molecule has 0 saturated carbocycles. The van der Waals surface area contributed by atoms with Crippen LogP contribution in [0.3, 0.4) is 0 Å². The fourth-order valence-electron chi connectivity index (χ4n) is 1.89. The molecule has 1 amide bonds.